The van der Waals surface area contributed by atoms with Crippen molar-refractivity contribution in [1.82, 2.24) is 9.97 Å². The van der Waals surface area contributed by atoms with Crippen LogP contribution in [-0.4, -0.2) is 34.3 Å². The van der Waals surface area contributed by atoms with E-state index in [0.29, 0.717) is 30.1 Å². The zero-order valence-corrected chi connectivity index (χ0v) is 18.5. The second kappa shape index (κ2) is 9.07. The zero-order valence-electron chi connectivity index (χ0n) is 16.8. The van der Waals surface area contributed by atoms with E-state index in [4.69, 9.17) is 9.72 Å². The van der Waals surface area contributed by atoms with Crippen LogP contribution in [0.1, 0.15) is 41.2 Å². The fourth-order valence-corrected chi connectivity index (χ4v) is 5.23. The molecule has 0 spiro atoms. The number of hydrogen-bond acceptors (Lipinski definition) is 7. The van der Waals surface area contributed by atoms with Crippen molar-refractivity contribution in [2.45, 2.75) is 26.7 Å². The Labute approximate surface area is 183 Å². The van der Waals surface area contributed by atoms with Crippen LogP contribution in [0.5, 0.6) is 0 Å². The Morgan fingerprint density at radius 1 is 1.40 bits per heavy atom. The van der Waals surface area contributed by atoms with Gasteiger partial charge in [-0.3, -0.25) is 0 Å². The normalized spacial score (nSPS) is 14.0. The summed E-state index contributed by atoms with van der Waals surface area (Å²) >= 11 is 3.12. The minimum atomic E-state index is -1.02. The predicted octanol–water partition coefficient (Wildman–Crippen LogP) is 5.71. The topological polar surface area (TPSA) is 84.3 Å². The smallest absolute Gasteiger partial charge is 0.339 e. The molecule has 0 bridgehead atoms. The Bertz CT molecular complexity index is 1070. The highest BCUT2D eigenvalue weighted by Crippen LogP contribution is 2.35. The van der Waals surface area contributed by atoms with Gasteiger partial charge in [0.05, 0.1) is 18.9 Å². The van der Waals surface area contributed by atoms with Crippen LogP contribution in [0.25, 0.3) is 16.0 Å². The standard InChI is InChI=1S/C22H23N3O3S2/c1-13(2)10-18-19(14-5-7-28-8-6-14)24-22(30-18)25-20-16(21(26)27)11-15(12-23-20)17-4-3-9-29-17/h3-5,9,11-13H,6-8,10H2,1-2H3,(H,26,27)(H,23,24,25). The van der Waals surface area contributed by atoms with Gasteiger partial charge in [0.15, 0.2) is 5.13 Å². The van der Waals surface area contributed by atoms with Crippen LogP contribution in [0.15, 0.2) is 35.9 Å². The summed E-state index contributed by atoms with van der Waals surface area (Å²) in [6.07, 6.45) is 5.54. The SMILES string of the molecule is CC(C)Cc1sc(Nc2ncc(-c3cccs3)cc2C(=O)O)nc1C1=CCOCC1. The molecule has 0 saturated carbocycles. The van der Waals surface area contributed by atoms with Crippen molar-refractivity contribution in [2.24, 2.45) is 5.92 Å². The first kappa shape index (κ1) is 20.7. The number of pyridine rings is 1. The summed E-state index contributed by atoms with van der Waals surface area (Å²) in [7, 11) is 0. The van der Waals surface area contributed by atoms with Crippen molar-refractivity contribution < 1.29 is 14.6 Å². The molecule has 4 heterocycles. The summed E-state index contributed by atoms with van der Waals surface area (Å²) in [5.74, 6) is -0.217. The van der Waals surface area contributed by atoms with Crippen molar-refractivity contribution in [3.8, 4) is 10.4 Å². The molecule has 4 rings (SSSR count). The molecule has 0 aromatic carbocycles. The second-order valence-electron chi connectivity index (χ2n) is 7.47. The fraction of sp³-hybridized carbons (Fsp3) is 0.318. The molecule has 0 unspecified atom stereocenters. The van der Waals surface area contributed by atoms with E-state index in [1.807, 2.05) is 17.5 Å². The maximum Gasteiger partial charge on any atom is 0.339 e. The molecule has 1 aliphatic heterocycles. The lowest BCUT2D eigenvalue weighted by molar-refractivity contribution is 0.0697. The van der Waals surface area contributed by atoms with Crippen LogP contribution in [0.3, 0.4) is 0 Å². The Morgan fingerprint density at radius 3 is 2.93 bits per heavy atom. The van der Waals surface area contributed by atoms with Gasteiger partial charge in [0.25, 0.3) is 0 Å². The molecule has 30 heavy (non-hydrogen) atoms. The number of thiophene rings is 1. The third-order valence-electron chi connectivity index (χ3n) is 4.71. The van der Waals surface area contributed by atoms with Crippen LogP contribution in [0.2, 0.25) is 0 Å². The largest absolute Gasteiger partial charge is 0.478 e. The van der Waals surface area contributed by atoms with Crippen LogP contribution in [0.4, 0.5) is 10.9 Å². The van der Waals surface area contributed by atoms with E-state index < -0.39 is 5.97 Å². The highest BCUT2D eigenvalue weighted by Gasteiger charge is 2.20. The van der Waals surface area contributed by atoms with Gasteiger partial charge in [0.2, 0.25) is 0 Å². The second-order valence-corrected chi connectivity index (χ2v) is 9.50. The van der Waals surface area contributed by atoms with Crippen LogP contribution >= 0.6 is 22.7 Å². The molecule has 0 fully saturated rings. The number of hydrogen-bond donors (Lipinski definition) is 2. The number of nitrogens with one attached hydrogen (secondary N) is 1. The predicted molar refractivity (Wildman–Crippen MR) is 122 cm³/mol. The van der Waals surface area contributed by atoms with Gasteiger partial charge in [-0.15, -0.1) is 22.7 Å². The van der Waals surface area contributed by atoms with E-state index in [0.717, 1.165) is 29.0 Å². The molecule has 8 heteroatoms. The number of carbonyl (C=O) groups is 1. The molecule has 0 atom stereocenters. The lowest BCUT2D eigenvalue weighted by atomic mass is 10.0. The average molecular weight is 442 g/mol. The molecular weight excluding hydrogens is 418 g/mol. The van der Waals surface area contributed by atoms with Crippen molar-refractivity contribution in [1.29, 1.82) is 0 Å². The minimum absolute atomic E-state index is 0.133. The summed E-state index contributed by atoms with van der Waals surface area (Å²) in [6.45, 7) is 5.67. The van der Waals surface area contributed by atoms with Gasteiger partial charge in [0, 0.05) is 21.5 Å². The number of aromatic carboxylic acids is 1. The summed E-state index contributed by atoms with van der Waals surface area (Å²) in [5.41, 5.74) is 3.11. The van der Waals surface area contributed by atoms with Crippen LogP contribution in [0, 0.1) is 5.92 Å². The van der Waals surface area contributed by atoms with E-state index in [1.54, 1.807) is 34.9 Å². The van der Waals surface area contributed by atoms with Crippen molar-refractivity contribution in [3.63, 3.8) is 0 Å². The average Bonchev–Trinajstić information content (AvgIpc) is 3.39. The molecule has 3 aromatic rings. The van der Waals surface area contributed by atoms with Crippen molar-refractivity contribution >= 4 is 45.2 Å². The maximum atomic E-state index is 11.9. The molecule has 3 aromatic heterocycles. The molecule has 0 aliphatic carbocycles. The monoisotopic (exact) mass is 441 g/mol. The number of anilines is 2. The van der Waals surface area contributed by atoms with E-state index >= 15 is 0 Å². The van der Waals surface area contributed by atoms with Gasteiger partial charge >= 0.3 is 5.97 Å². The highest BCUT2D eigenvalue weighted by atomic mass is 32.1. The van der Waals surface area contributed by atoms with Gasteiger partial charge in [0.1, 0.15) is 11.4 Å². The van der Waals surface area contributed by atoms with E-state index in [1.165, 1.54) is 10.5 Å². The van der Waals surface area contributed by atoms with E-state index in [2.05, 4.69) is 30.2 Å². The lowest BCUT2D eigenvalue weighted by Gasteiger charge is -2.13. The van der Waals surface area contributed by atoms with Gasteiger partial charge in [-0.1, -0.05) is 26.0 Å². The number of nitrogens with zero attached hydrogens (tertiary/aromatic N) is 2. The van der Waals surface area contributed by atoms with Gasteiger partial charge in [-0.2, -0.15) is 0 Å². The Balaban J connectivity index is 1.67. The van der Waals surface area contributed by atoms with Crippen LogP contribution < -0.4 is 5.32 Å². The Morgan fingerprint density at radius 2 is 2.27 bits per heavy atom. The number of carboxylic acids is 1. The van der Waals surface area contributed by atoms with Crippen molar-refractivity contribution in [3.05, 3.63) is 52.0 Å². The Hall–Kier alpha value is -2.55. The maximum absolute atomic E-state index is 11.9. The molecule has 1 aliphatic rings. The number of aromatic nitrogens is 2. The fourth-order valence-electron chi connectivity index (χ4n) is 3.31. The third kappa shape index (κ3) is 4.61. The lowest BCUT2D eigenvalue weighted by Crippen LogP contribution is -2.06. The van der Waals surface area contributed by atoms with Gasteiger partial charge in [-0.05, 0) is 41.8 Å². The summed E-state index contributed by atoms with van der Waals surface area (Å²) in [6, 6.07) is 5.55. The first-order valence-electron chi connectivity index (χ1n) is 9.82. The molecule has 2 N–H and O–H groups in total. The highest BCUT2D eigenvalue weighted by molar-refractivity contribution is 7.15. The quantitative estimate of drug-likeness (QED) is 0.488. The summed E-state index contributed by atoms with van der Waals surface area (Å²) in [5, 5.41) is 15.5. The first-order valence-corrected chi connectivity index (χ1v) is 11.5. The zero-order chi connectivity index (χ0) is 21.1. The van der Waals surface area contributed by atoms with E-state index in [9.17, 15) is 9.90 Å². The Kier molecular flexibility index (Phi) is 6.26. The van der Waals surface area contributed by atoms with Crippen molar-refractivity contribution in [2.75, 3.05) is 18.5 Å². The molecule has 156 valence electrons. The number of thiazole rings is 1. The summed E-state index contributed by atoms with van der Waals surface area (Å²) < 4.78 is 5.44. The molecule has 0 amide bonds. The molecular formula is C22H23N3O3S2. The number of rotatable bonds is 7. The number of ether oxygens (including phenoxy) is 1. The van der Waals surface area contributed by atoms with Crippen LogP contribution in [-0.2, 0) is 11.2 Å². The molecule has 0 radical (unpaired) electrons. The number of carboxylic acid groups (broad SMARTS) is 1. The summed E-state index contributed by atoms with van der Waals surface area (Å²) in [4.78, 5) is 23.3. The minimum Gasteiger partial charge on any atom is -0.478 e. The first-order chi connectivity index (χ1) is 14.5. The molecule has 0 saturated heterocycles. The molecule has 6 nitrogen and oxygen atoms in total. The van der Waals surface area contributed by atoms with Gasteiger partial charge in [-0.25, -0.2) is 14.8 Å². The third-order valence-corrected chi connectivity index (χ3v) is 6.62. The van der Waals surface area contributed by atoms with E-state index in [-0.39, 0.29) is 5.56 Å². The van der Waals surface area contributed by atoms with Gasteiger partial charge < -0.3 is 15.2 Å².